The van der Waals surface area contributed by atoms with E-state index in [9.17, 15) is 0 Å². The highest BCUT2D eigenvalue weighted by molar-refractivity contribution is 5.20. The van der Waals surface area contributed by atoms with Crippen LogP contribution in [0.3, 0.4) is 0 Å². The molecule has 0 aromatic carbocycles. The predicted octanol–water partition coefficient (Wildman–Crippen LogP) is 3.96. The van der Waals surface area contributed by atoms with Gasteiger partial charge >= 0.3 is 0 Å². The fourth-order valence-electron chi connectivity index (χ4n) is 1.61. The maximum absolute atomic E-state index is 5.70. The molecule has 0 fully saturated rings. The second-order valence-electron chi connectivity index (χ2n) is 6.16. The summed E-state index contributed by atoms with van der Waals surface area (Å²) in [5.74, 6) is 1.86. The molecule has 0 aliphatic carbocycles. The molecule has 19 heavy (non-hydrogen) atoms. The Morgan fingerprint density at radius 1 is 1.42 bits per heavy atom. The van der Waals surface area contributed by atoms with E-state index >= 15 is 0 Å². The van der Waals surface area contributed by atoms with E-state index in [0.717, 1.165) is 30.1 Å². The molecule has 3 nitrogen and oxygen atoms in total. The minimum absolute atomic E-state index is 0.113. The third-order valence-corrected chi connectivity index (χ3v) is 2.80. The monoisotopic (exact) mass is 265 g/mol. The van der Waals surface area contributed by atoms with Crippen molar-refractivity contribution in [1.82, 2.24) is 5.32 Å². The molecule has 1 aromatic rings. The number of aryl methyl sites for hydroxylation is 1. The van der Waals surface area contributed by atoms with E-state index in [2.05, 4.69) is 38.7 Å². The van der Waals surface area contributed by atoms with Crippen molar-refractivity contribution in [3.8, 4) is 0 Å². The third kappa shape index (κ3) is 6.60. The van der Waals surface area contributed by atoms with Crippen molar-refractivity contribution in [2.45, 2.75) is 59.7 Å². The first kappa shape index (κ1) is 16.0. The Balaban J connectivity index is 2.43. The second kappa shape index (κ2) is 6.92. The van der Waals surface area contributed by atoms with Gasteiger partial charge in [-0.05, 0) is 47.1 Å². The van der Waals surface area contributed by atoms with Gasteiger partial charge in [0.25, 0.3) is 0 Å². The Bertz CT molecular complexity index is 413. The van der Waals surface area contributed by atoms with Gasteiger partial charge in [-0.3, -0.25) is 0 Å². The Kier molecular flexibility index (Phi) is 5.83. The fraction of sp³-hybridized carbons (Fsp3) is 0.625. The number of rotatable bonds is 7. The van der Waals surface area contributed by atoms with Gasteiger partial charge in [0.15, 0.2) is 0 Å². The molecular formula is C16H27NO2. The molecule has 1 aromatic heterocycles. The topological polar surface area (TPSA) is 34.4 Å². The Hall–Kier alpha value is -1.06. The van der Waals surface area contributed by atoms with Crippen molar-refractivity contribution < 1.29 is 9.15 Å². The summed E-state index contributed by atoms with van der Waals surface area (Å²) in [5.41, 5.74) is 2.46. The maximum atomic E-state index is 5.70. The SMILES string of the molecule is C=C(C)CCOCc1cc(CNC(C)(C)C)c(C)o1. The molecule has 0 saturated heterocycles. The molecule has 3 heteroatoms. The van der Waals surface area contributed by atoms with Crippen molar-refractivity contribution in [1.29, 1.82) is 0 Å². The van der Waals surface area contributed by atoms with Crippen LogP contribution in [0.15, 0.2) is 22.6 Å². The van der Waals surface area contributed by atoms with Gasteiger partial charge in [-0.2, -0.15) is 0 Å². The first-order chi connectivity index (χ1) is 8.78. The molecule has 108 valence electrons. The molecule has 0 atom stereocenters. The van der Waals surface area contributed by atoms with E-state index in [4.69, 9.17) is 9.15 Å². The molecule has 0 aliphatic heterocycles. The van der Waals surface area contributed by atoms with E-state index in [1.54, 1.807) is 0 Å². The van der Waals surface area contributed by atoms with Gasteiger partial charge in [0.05, 0.1) is 6.61 Å². The lowest BCUT2D eigenvalue weighted by Crippen LogP contribution is -2.35. The molecule has 0 radical (unpaired) electrons. The Morgan fingerprint density at radius 3 is 2.68 bits per heavy atom. The van der Waals surface area contributed by atoms with Crippen LogP contribution in [0.25, 0.3) is 0 Å². The van der Waals surface area contributed by atoms with E-state index in [0.29, 0.717) is 13.2 Å². The minimum Gasteiger partial charge on any atom is -0.464 e. The van der Waals surface area contributed by atoms with Crippen LogP contribution in [-0.4, -0.2) is 12.1 Å². The van der Waals surface area contributed by atoms with Crippen LogP contribution in [0.2, 0.25) is 0 Å². The van der Waals surface area contributed by atoms with Crippen LogP contribution in [0.4, 0.5) is 0 Å². The average Bonchev–Trinajstić information content (AvgIpc) is 2.61. The molecule has 0 bridgehead atoms. The molecule has 1 heterocycles. The summed E-state index contributed by atoms with van der Waals surface area (Å²) in [6.07, 6.45) is 0.901. The highest BCUT2D eigenvalue weighted by Crippen LogP contribution is 2.16. The second-order valence-corrected chi connectivity index (χ2v) is 6.16. The van der Waals surface area contributed by atoms with Crippen molar-refractivity contribution in [3.05, 3.63) is 35.3 Å². The molecule has 1 rings (SSSR count). The summed E-state index contributed by atoms with van der Waals surface area (Å²) < 4.78 is 11.3. The standard InChI is InChI=1S/C16H27NO2/c1-12(2)7-8-18-11-15-9-14(13(3)19-15)10-17-16(4,5)6/h9,17H,1,7-8,10-11H2,2-6H3. The van der Waals surface area contributed by atoms with Gasteiger partial charge in [-0.1, -0.05) is 5.57 Å². The number of ether oxygens (including phenoxy) is 1. The van der Waals surface area contributed by atoms with Crippen molar-refractivity contribution in [2.24, 2.45) is 0 Å². The minimum atomic E-state index is 0.113. The lowest BCUT2D eigenvalue weighted by molar-refractivity contribution is 0.108. The maximum Gasteiger partial charge on any atom is 0.130 e. The van der Waals surface area contributed by atoms with Crippen LogP contribution >= 0.6 is 0 Å². The number of nitrogens with one attached hydrogen (secondary N) is 1. The normalized spacial score (nSPS) is 11.8. The van der Waals surface area contributed by atoms with Crippen LogP contribution in [0.1, 0.15) is 51.2 Å². The molecule has 0 amide bonds. The number of furan rings is 1. The Morgan fingerprint density at radius 2 is 2.11 bits per heavy atom. The van der Waals surface area contributed by atoms with E-state index in [1.807, 2.05) is 13.8 Å². The lowest BCUT2D eigenvalue weighted by atomic mass is 10.1. The molecule has 0 spiro atoms. The molecular weight excluding hydrogens is 238 g/mol. The average molecular weight is 265 g/mol. The van der Waals surface area contributed by atoms with Crippen molar-refractivity contribution >= 4 is 0 Å². The largest absolute Gasteiger partial charge is 0.464 e. The van der Waals surface area contributed by atoms with Crippen LogP contribution in [0, 0.1) is 6.92 Å². The summed E-state index contributed by atoms with van der Waals surface area (Å²) in [6.45, 7) is 16.4. The number of hydrogen-bond donors (Lipinski definition) is 1. The highest BCUT2D eigenvalue weighted by Gasteiger charge is 2.12. The Labute approximate surface area is 117 Å². The van der Waals surface area contributed by atoms with Crippen LogP contribution < -0.4 is 5.32 Å². The summed E-state index contributed by atoms with van der Waals surface area (Å²) >= 11 is 0. The summed E-state index contributed by atoms with van der Waals surface area (Å²) in [5, 5.41) is 3.46. The lowest BCUT2D eigenvalue weighted by Gasteiger charge is -2.20. The fourth-order valence-corrected chi connectivity index (χ4v) is 1.61. The predicted molar refractivity (Wildman–Crippen MR) is 79.1 cm³/mol. The third-order valence-electron chi connectivity index (χ3n) is 2.80. The zero-order valence-electron chi connectivity index (χ0n) is 12.9. The quantitative estimate of drug-likeness (QED) is 0.598. The highest BCUT2D eigenvalue weighted by atomic mass is 16.5. The summed E-state index contributed by atoms with van der Waals surface area (Å²) in [6, 6.07) is 2.08. The molecule has 0 unspecified atom stereocenters. The van der Waals surface area contributed by atoms with Gasteiger partial charge in [0.1, 0.15) is 18.1 Å². The van der Waals surface area contributed by atoms with Gasteiger partial charge < -0.3 is 14.5 Å². The van der Waals surface area contributed by atoms with Gasteiger partial charge in [0, 0.05) is 17.6 Å². The van der Waals surface area contributed by atoms with Gasteiger partial charge in [-0.25, -0.2) is 0 Å². The first-order valence-electron chi connectivity index (χ1n) is 6.83. The van der Waals surface area contributed by atoms with E-state index in [1.165, 1.54) is 5.56 Å². The first-order valence-corrected chi connectivity index (χ1v) is 6.83. The zero-order chi connectivity index (χ0) is 14.5. The van der Waals surface area contributed by atoms with Crippen molar-refractivity contribution in [3.63, 3.8) is 0 Å². The molecule has 0 aliphatic rings. The number of hydrogen-bond acceptors (Lipinski definition) is 3. The van der Waals surface area contributed by atoms with Crippen molar-refractivity contribution in [2.75, 3.05) is 6.61 Å². The molecule has 0 saturated carbocycles. The molecule has 1 N–H and O–H groups in total. The van der Waals surface area contributed by atoms with Gasteiger partial charge in [-0.15, -0.1) is 6.58 Å². The zero-order valence-corrected chi connectivity index (χ0v) is 12.9. The van der Waals surface area contributed by atoms with E-state index < -0.39 is 0 Å². The summed E-state index contributed by atoms with van der Waals surface area (Å²) in [4.78, 5) is 0. The van der Waals surface area contributed by atoms with Gasteiger partial charge in [0.2, 0.25) is 0 Å². The van der Waals surface area contributed by atoms with Crippen LogP contribution in [0.5, 0.6) is 0 Å². The summed E-state index contributed by atoms with van der Waals surface area (Å²) in [7, 11) is 0. The van der Waals surface area contributed by atoms with E-state index in [-0.39, 0.29) is 5.54 Å². The van der Waals surface area contributed by atoms with Crippen LogP contribution in [-0.2, 0) is 17.9 Å². The smallest absolute Gasteiger partial charge is 0.130 e.